The van der Waals surface area contributed by atoms with Crippen LogP contribution in [-0.2, 0) is 6.42 Å². The van der Waals surface area contributed by atoms with Gasteiger partial charge in [-0.25, -0.2) is 0 Å². The van der Waals surface area contributed by atoms with E-state index in [-0.39, 0.29) is 0 Å². The van der Waals surface area contributed by atoms with Crippen LogP contribution in [0.25, 0.3) is 0 Å². The number of aryl methyl sites for hydroxylation is 1. The summed E-state index contributed by atoms with van der Waals surface area (Å²) < 4.78 is 5.18. The Hall–Kier alpha value is -0.980. The molecule has 0 aliphatic carbocycles. The van der Waals surface area contributed by atoms with E-state index in [4.69, 9.17) is 4.74 Å². The van der Waals surface area contributed by atoms with Crippen LogP contribution in [0.4, 0.5) is 0 Å². The minimum Gasteiger partial charge on any atom is -0.497 e. The molecule has 14 heavy (non-hydrogen) atoms. The van der Waals surface area contributed by atoms with E-state index < -0.39 is 0 Å². The normalized spacial score (nSPS) is 10.2. The second-order valence-corrected chi connectivity index (χ2v) is 3.44. The Labute approximate surface area is 87.1 Å². The molecule has 1 aromatic rings. The van der Waals surface area contributed by atoms with Gasteiger partial charge >= 0.3 is 0 Å². The Kier molecular flexibility index (Phi) is 4.51. The molecule has 1 rings (SSSR count). The average molecular weight is 190 g/mol. The van der Waals surface area contributed by atoms with Crippen molar-refractivity contribution in [3.8, 4) is 5.75 Å². The second kappa shape index (κ2) is 5.69. The largest absolute Gasteiger partial charge is 0.497 e. The summed E-state index contributed by atoms with van der Waals surface area (Å²) >= 11 is 0. The molecule has 0 aromatic heterocycles. The van der Waals surface area contributed by atoms with E-state index in [1.807, 2.05) is 12.1 Å². The van der Waals surface area contributed by atoms with E-state index in [9.17, 15) is 0 Å². The van der Waals surface area contributed by atoms with Crippen molar-refractivity contribution in [1.29, 1.82) is 0 Å². The Balaban J connectivity index is 2.64. The molecule has 0 unspecified atom stereocenters. The van der Waals surface area contributed by atoms with Gasteiger partial charge in [-0.3, -0.25) is 0 Å². The molecule has 0 bridgehead atoms. The Morgan fingerprint density at radius 3 is 2.86 bits per heavy atom. The molecule has 0 saturated heterocycles. The zero-order valence-electron chi connectivity index (χ0n) is 9.05. The zero-order chi connectivity index (χ0) is 10.4. The van der Waals surface area contributed by atoms with E-state index in [1.54, 1.807) is 7.11 Å². The lowest BCUT2D eigenvalue weighted by atomic mass is 10.0. The lowest BCUT2D eigenvalue weighted by Crippen LogP contribution is -1.92. The van der Waals surface area contributed by atoms with Crippen LogP contribution in [-0.4, -0.2) is 7.11 Å². The topological polar surface area (TPSA) is 9.23 Å². The molecule has 1 aromatic carbocycles. The van der Waals surface area contributed by atoms with Crippen molar-refractivity contribution >= 4 is 0 Å². The molecule has 0 aliphatic rings. The summed E-state index contributed by atoms with van der Waals surface area (Å²) in [6.07, 6.45) is 5.63. The van der Waals surface area contributed by atoms with Gasteiger partial charge in [-0.15, -0.1) is 0 Å². The summed E-state index contributed by atoms with van der Waals surface area (Å²) in [6.45, 7) is 6.10. The van der Waals surface area contributed by atoms with Crippen LogP contribution in [0.3, 0.4) is 0 Å². The quantitative estimate of drug-likeness (QED) is 0.646. The van der Waals surface area contributed by atoms with Gasteiger partial charge in [0.05, 0.1) is 7.11 Å². The smallest absolute Gasteiger partial charge is 0.119 e. The van der Waals surface area contributed by atoms with E-state index in [0.717, 1.165) is 24.2 Å². The third-order valence-corrected chi connectivity index (χ3v) is 2.35. The maximum absolute atomic E-state index is 5.18. The van der Waals surface area contributed by atoms with Crippen LogP contribution >= 0.6 is 0 Å². The minimum atomic E-state index is 0.924. The highest BCUT2D eigenvalue weighted by atomic mass is 16.5. The van der Waals surface area contributed by atoms with Gasteiger partial charge < -0.3 is 4.74 Å². The molecule has 0 spiro atoms. The first-order valence-electron chi connectivity index (χ1n) is 5.04. The average Bonchev–Trinajstić information content (AvgIpc) is 2.21. The number of unbranched alkanes of at least 4 members (excludes halogenated alkanes) is 2. The van der Waals surface area contributed by atoms with Gasteiger partial charge in [0.1, 0.15) is 5.75 Å². The molecule has 1 nitrogen and oxygen atoms in total. The van der Waals surface area contributed by atoms with E-state index in [1.165, 1.54) is 12.0 Å². The highest BCUT2D eigenvalue weighted by Crippen LogP contribution is 2.18. The second-order valence-electron chi connectivity index (χ2n) is 3.44. The highest BCUT2D eigenvalue weighted by Gasteiger charge is 2.00. The lowest BCUT2D eigenvalue weighted by Gasteiger charge is -2.07. The lowest BCUT2D eigenvalue weighted by molar-refractivity contribution is 0.414. The van der Waals surface area contributed by atoms with E-state index >= 15 is 0 Å². The van der Waals surface area contributed by atoms with Gasteiger partial charge in [0.25, 0.3) is 0 Å². The van der Waals surface area contributed by atoms with Crippen LogP contribution < -0.4 is 4.74 Å². The van der Waals surface area contributed by atoms with Crippen LogP contribution in [0.15, 0.2) is 18.2 Å². The summed E-state index contributed by atoms with van der Waals surface area (Å²) in [5, 5.41) is 0. The monoisotopic (exact) mass is 190 g/mol. The Morgan fingerprint density at radius 2 is 2.21 bits per heavy atom. The molecule has 0 N–H and O–H groups in total. The van der Waals surface area contributed by atoms with Crippen molar-refractivity contribution in [2.75, 3.05) is 7.11 Å². The number of rotatable bonds is 5. The third kappa shape index (κ3) is 3.06. The van der Waals surface area contributed by atoms with E-state index in [0.29, 0.717) is 0 Å². The molecule has 0 heterocycles. The minimum absolute atomic E-state index is 0.924. The number of hydrogen-bond acceptors (Lipinski definition) is 1. The standard InChI is InChI=1S/C13H18O/c1-4-5-6-7-12-10-13(14-3)9-8-11(12)2/h4,8-10H,2,5-7H2,1,3H3. The predicted octanol–water partition coefficient (Wildman–Crippen LogP) is 3.42. The molecule has 2 radical (unpaired) electrons. The Morgan fingerprint density at radius 1 is 1.43 bits per heavy atom. The first-order chi connectivity index (χ1) is 6.77. The van der Waals surface area contributed by atoms with Gasteiger partial charge in [0.2, 0.25) is 0 Å². The van der Waals surface area contributed by atoms with Crippen molar-refractivity contribution in [3.63, 3.8) is 0 Å². The molecule has 1 heteroatoms. The molecular weight excluding hydrogens is 172 g/mol. The molecule has 0 amide bonds. The molecule has 0 atom stereocenters. The van der Waals surface area contributed by atoms with Gasteiger partial charge in [-0.1, -0.05) is 19.4 Å². The molecule has 0 fully saturated rings. The number of benzene rings is 1. The summed E-state index contributed by atoms with van der Waals surface area (Å²) in [6, 6.07) is 6.06. The van der Waals surface area contributed by atoms with Gasteiger partial charge in [0, 0.05) is 0 Å². The van der Waals surface area contributed by atoms with Crippen LogP contribution in [0.2, 0.25) is 0 Å². The fraction of sp³-hybridized carbons (Fsp3) is 0.385. The van der Waals surface area contributed by atoms with Crippen molar-refractivity contribution in [1.82, 2.24) is 0 Å². The van der Waals surface area contributed by atoms with Crippen molar-refractivity contribution in [2.45, 2.75) is 26.2 Å². The number of ether oxygens (including phenoxy) is 1. The summed E-state index contributed by atoms with van der Waals surface area (Å²) in [4.78, 5) is 0. The van der Waals surface area contributed by atoms with Crippen LogP contribution in [0.5, 0.6) is 5.75 Å². The van der Waals surface area contributed by atoms with Crippen LogP contribution in [0.1, 0.15) is 30.9 Å². The van der Waals surface area contributed by atoms with Crippen molar-refractivity contribution in [3.05, 3.63) is 42.7 Å². The van der Waals surface area contributed by atoms with Gasteiger partial charge in [-0.05, 0) is 49.4 Å². The summed E-state index contributed by atoms with van der Waals surface area (Å²) in [7, 11) is 1.70. The third-order valence-electron chi connectivity index (χ3n) is 2.35. The van der Waals surface area contributed by atoms with E-state index in [2.05, 4.69) is 26.3 Å². The summed E-state index contributed by atoms with van der Waals surface area (Å²) in [5.74, 6) is 0.924. The van der Waals surface area contributed by atoms with Gasteiger partial charge in [-0.2, -0.15) is 0 Å². The fourth-order valence-electron chi connectivity index (χ4n) is 1.46. The maximum Gasteiger partial charge on any atom is 0.119 e. The number of hydrogen-bond donors (Lipinski definition) is 0. The van der Waals surface area contributed by atoms with Crippen molar-refractivity contribution in [2.24, 2.45) is 0 Å². The zero-order valence-corrected chi connectivity index (χ0v) is 9.05. The maximum atomic E-state index is 5.18. The number of methoxy groups -OCH3 is 1. The van der Waals surface area contributed by atoms with Gasteiger partial charge in [0.15, 0.2) is 0 Å². The first-order valence-corrected chi connectivity index (χ1v) is 5.04. The fourth-order valence-corrected chi connectivity index (χ4v) is 1.46. The molecule has 76 valence electrons. The molecule has 0 saturated carbocycles. The SMILES string of the molecule is [CH2]c1ccc(OC)cc1CCC[CH]C. The van der Waals surface area contributed by atoms with Crippen LogP contribution in [0, 0.1) is 13.3 Å². The highest BCUT2D eigenvalue weighted by molar-refractivity contribution is 5.37. The Bertz CT molecular complexity index is 279. The predicted molar refractivity (Wildman–Crippen MR) is 60.4 cm³/mol. The summed E-state index contributed by atoms with van der Waals surface area (Å²) in [5.41, 5.74) is 2.41. The van der Waals surface area contributed by atoms with Crippen molar-refractivity contribution < 1.29 is 4.74 Å². The first kappa shape index (κ1) is 11.1. The molecular formula is C13H18O. The molecule has 0 aliphatic heterocycles.